The summed E-state index contributed by atoms with van der Waals surface area (Å²) >= 11 is 13.5. The van der Waals surface area contributed by atoms with Crippen LogP contribution in [0.1, 0.15) is 31.5 Å². The van der Waals surface area contributed by atoms with Crippen LogP contribution in [0, 0.1) is 10.1 Å². The number of halogens is 3. The first kappa shape index (κ1) is 39.6. The van der Waals surface area contributed by atoms with Crippen LogP contribution in [0.4, 0.5) is 28.1 Å². The molecule has 5 rings (SSSR count). The van der Waals surface area contributed by atoms with E-state index in [9.17, 15) is 19.7 Å². The molecule has 2 aliphatic heterocycles. The first-order chi connectivity index (χ1) is 23.6. The average Bonchev–Trinajstić information content (AvgIpc) is 3.68. The molecular weight excluding hydrogens is 771 g/mol. The maximum Gasteiger partial charge on any atom is 0.390 e. The summed E-state index contributed by atoms with van der Waals surface area (Å²) in [6.07, 6.45) is 6.85. The lowest BCUT2D eigenvalue weighted by Crippen LogP contribution is -3.00. The number of quaternary nitrogens is 1. The summed E-state index contributed by atoms with van der Waals surface area (Å²) < 4.78 is 12.9. The first-order valence-corrected chi connectivity index (χ1v) is 16.7. The number of hydrogen-bond donors (Lipinski definition) is 1. The van der Waals surface area contributed by atoms with E-state index in [-0.39, 0.29) is 75.1 Å². The van der Waals surface area contributed by atoms with Crippen LogP contribution in [0.3, 0.4) is 0 Å². The smallest absolute Gasteiger partial charge is 0.390 e. The number of benzene rings is 1. The number of amides is 3. The summed E-state index contributed by atoms with van der Waals surface area (Å²) in [7, 11) is 8.47. The van der Waals surface area contributed by atoms with E-state index in [1.54, 1.807) is 39.8 Å². The van der Waals surface area contributed by atoms with Gasteiger partial charge in [-0.1, -0.05) is 23.2 Å². The fourth-order valence-corrected chi connectivity index (χ4v) is 6.77. The van der Waals surface area contributed by atoms with E-state index in [1.807, 2.05) is 27.9 Å². The van der Waals surface area contributed by atoms with Crippen LogP contribution in [0.15, 0.2) is 30.7 Å². The van der Waals surface area contributed by atoms with Crippen LogP contribution in [-0.2, 0) is 24.9 Å². The second kappa shape index (κ2) is 16.0. The summed E-state index contributed by atoms with van der Waals surface area (Å²) in [5, 5.41) is 14.9. The van der Waals surface area contributed by atoms with Crippen molar-refractivity contribution in [2.24, 2.45) is 7.05 Å². The lowest BCUT2D eigenvalue weighted by molar-refractivity contribution is -0.898. The van der Waals surface area contributed by atoms with Gasteiger partial charge < -0.3 is 55.8 Å². The zero-order valence-corrected chi connectivity index (χ0v) is 32.5. The third kappa shape index (κ3) is 8.32. The highest BCUT2D eigenvalue weighted by Gasteiger charge is 2.42. The third-order valence-electron chi connectivity index (χ3n) is 8.56. The molecule has 16 nitrogen and oxygen atoms in total. The number of methoxy groups -OCH3 is 2. The van der Waals surface area contributed by atoms with Gasteiger partial charge in [-0.05, 0) is 36.3 Å². The van der Waals surface area contributed by atoms with E-state index in [2.05, 4.69) is 15.3 Å². The van der Waals surface area contributed by atoms with Crippen molar-refractivity contribution in [3.63, 3.8) is 0 Å². The van der Waals surface area contributed by atoms with Crippen molar-refractivity contribution >= 4 is 58.4 Å². The van der Waals surface area contributed by atoms with Crippen molar-refractivity contribution in [2.45, 2.75) is 45.4 Å². The third-order valence-corrected chi connectivity index (χ3v) is 9.29. The molecule has 2 aromatic heterocycles. The lowest BCUT2D eigenvalue weighted by atomic mass is 10.1. The Morgan fingerprint density at radius 2 is 1.86 bits per heavy atom. The van der Waals surface area contributed by atoms with E-state index < -0.39 is 17.0 Å². The van der Waals surface area contributed by atoms with Crippen LogP contribution in [-0.4, -0.2) is 106 Å². The average molecular weight is 813 g/mol. The van der Waals surface area contributed by atoms with Crippen molar-refractivity contribution in [1.82, 2.24) is 24.4 Å². The molecule has 0 unspecified atom stereocenters. The number of carbonyl (C=O) groups is 2. The Bertz CT molecular complexity index is 1810. The Balaban J connectivity index is 0.00000583. The number of hydrogen-bond acceptors (Lipinski definition) is 10. The number of imidazole rings is 1. The van der Waals surface area contributed by atoms with Crippen LogP contribution in [0.2, 0.25) is 10.0 Å². The normalized spacial score (nSPS) is 16.1. The van der Waals surface area contributed by atoms with Gasteiger partial charge in [0.05, 0.1) is 53.1 Å². The Hall–Kier alpha value is -4.19. The van der Waals surface area contributed by atoms with Gasteiger partial charge in [-0.25, -0.2) is 9.78 Å². The fourth-order valence-electron chi connectivity index (χ4n) is 6.06. The highest BCUT2D eigenvalue weighted by atomic mass is 79.9. The number of rotatable bonds is 12. The van der Waals surface area contributed by atoms with E-state index in [0.29, 0.717) is 53.6 Å². The molecule has 1 N–H and O–H groups in total. The fraction of sp³-hybridized carbons (Fsp3) is 0.469. The van der Waals surface area contributed by atoms with Gasteiger partial charge in [0.2, 0.25) is 18.2 Å². The SMILES string of the molecule is COc1cc(OC)c(Cl)c(N2Cc3cnc(NC(C)C)nc3N([C@H]3CCN(C(=O)/C=C/C[N+](C)(C)Cc4c([N+](=O)[O-])ncn4C)C3)C2=O)c1Cl.[Br-]. The van der Waals surface area contributed by atoms with Gasteiger partial charge in [0.15, 0.2) is 5.69 Å². The molecule has 3 amide bonds. The quantitative estimate of drug-likeness (QED) is 0.123. The predicted molar refractivity (Wildman–Crippen MR) is 189 cm³/mol. The topological polar surface area (TPSA) is 161 Å². The van der Waals surface area contributed by atoms with Gasteiger partial charge in [-0.15, -0.1) is 0 Å². The van der Waals surface area contributed by atoms with Crippen LogP contribution >= 0.6 is 23.2 Å². The summed E-state index contributed by atoms with van der Waals surface area (Å²) in [4.78, 5) is 56.7. The predicted octanol–water partition coefficient (Wildman–Crippen LogP) is 1.65. The van der Waals surface area contributed by atoms with Gasteiger partial charge in [-0.2, -0.15) is 4.98 Å². The van der Waals surface area contributed by atoms with Crippen molar-refractivity contribution in [3.8, 4) is 11.5 Å². The summed E-state index contributed by atoms with van der Waals surface area (Å²) in [5.74, 6) is 0.978. The minimum Gasteiger partial charge on any atom is -1.00 e. The summed E-state index contributed by atoms with van der Waals surface area (Å²) in [6.45, 7) is 5.44. The van der Waals surface area contributed by atoms with Crippen LogP contribution < -0.4 is 41.6 Å². The minimum atomic E-state index is -0.492. The molecule has 19 heteroatoms. The summed E-state index contributed by atoms with van der Waals surface area (Å²) in [5.41, 5.74) is 1.37. The number of ether oxygens (including phenoxy) is 2. The lowest BCUT2D eigenvalue weighted by Gasteiger charge is -2.39. The standard InChI is InChI=1S/C32H41Cl2N10O6.BrH/c1-19(2)37-31-35-14-20-15-41(28-26(33)23(49-6)13-24(50-7)27(28)34)32(46)42(29(20)38-31)21-10-11-40(16-21)25(45)9-8-12-44(4,5)17-22-30(43(47)48)36-18-39(22)3;/h8-9,13-14,18-19,21H,10-12,15-17H2,1-7H3,(H,35,37,38);1H/q+1;/p-1/b9-8+;/t21-;/m0./s1. The van der Waals surface area contributed by atoms with Gasteiger partial charge in [-0.3, -0.25) is 14.6 Å². The van der Waals surface area contributed by atoms with E-state index in [0.717, 1.165) is 0 Å². The molecule has 1 aromatic carbocycles. The number of nitrogens with zero attached hydrogens (tertiary/aromatic N) is 9. The molecule has 1 saturated heterocycles. The largest absolute Gasteiger partial charge is 1.00 e. The van der Waals surface area contributed by atoms with Crippen LogP contribution in [0.25, 0.3) is 0 Å². The molecule has 0 bridgehead atoms. The Labute approximate surface area is 316 Å². The molecule has 276 valence electrons. The molecule has 1 fully saturated rings. The van der Waals surface area contributed by atoms with Crippen molar-refractivity contribution < 1.29 is 45.5 Å². The number of carbonyl (C=O) groups excluding carboxylic acids is 2. The Morgan fingerprint density at radius 3 is 2.47 bits per heavy atom. The maximum absolute atomic E-state index is 14.5. The van der Waals surface area contributed by atoms with Gasteiger partial charge >= 0.3 is 11.8 Å². The molecule has 2 aliphatic rings. The first-order valence-electron chi connectivity index (χ1n) is 15.9. The summed E-state index contributed by atoms with van der Waals surface area (Å²) in [6, 6.07) is 0.751. The Morgan fingerprint density at radius 1 is 1.20 bits per heavy atom. The van der Waals surface area contributed by atoms with E-state index >= 15 is 0 Å². The monoisotopic (exact) mass is 810 g/mol. The Kier molecular flexibility index (Phi) is 12.4. The molecule has 1 atom stereocenters. The van der Waals surface area contributed by atoms with Crippen LogP contribution in [0.5, 0.6) is 11.5 Å². The molecule has 0 spiro atoms. The number of nitro groups is 1. The molecule has 0 aliphatic carbocycles. The number of aryl methyl sites for hydroxylation is 1. The number of aromatic nitrogens is 4. The number of urea groups is 1. The molecule has 51 heavy (non-hydrogen) atoms. The number of anilines is 3. The molecule has 4 heterocycles. The zero-order valence-electron chi connectivity index (χ0n) is 29.4. The molecular formula is C32H41BrCl2N10O6. The minimum absolute atomic E-state index is 0. The highest BCUT2D eigenvalue weighted by Crippen LogP contribution is 2.48. The second-order valence-electron chi connectivity index (χ2n) is 13.1. The van der Waals surface area contributed by atoms with E-state index in [4.69, 9.17) is 37.7 Å². The maximum atomic E-state index is 14.5. The number of likely N-dealkylation sites (tertiary alicyclic amines) is 1. The number of nitrogens with one attached hydrogen (secondary N) is 1. The van der Waals surface area contributed by atoms with E-state index in [1.165, 1.54) is 31.5 Å². The second-order valence-corrected chi connectivity index (χ2v) is 13.9. The zero-order chi connectivity index (χ0) is 36.5. The van der Waals surface area contributed by atoms with Crippen molar-refractivity contribution in [2.75, 3.05) is 63.1 Å². The molecule has 0 saturated carbocycles. The van der Waals surface area contributed by atoms with Gasteiger partial charge in [0.25, 0.3) is 0 Å². The van der Waals surface area contributed by atoms with Crippen molar-refractivity contribution in [3.05, 3.63) is 62.2 Å². The number of likely N-dealkylation sites (N-methyl/N-ethyl adjacent to an activating group) is 1. The number of fused-ring (bicyclic) bond motifs is 1. The van der Waals surface area contributed by atoms with Gasteiger partial charge in [0, 0.05) is 50.1 Å². The molecule has 3 aromatic rings. The molecule has 0 radical (unpaired) electrons. The van der Waals surface area contributed by atoms with Crippen molar-refractivity contribution in [1.29, 1.82) is 0 Å². The van der Waals surface area contributed by atoms with Gasteiger partial charge in [0.1, 0.15) is 33.9 Å². The highest BCUT2D eigenvalue weighted by molar-refractivity contribution is 6.42.